The predicted octanol–water partition coefficient (Wildman–Crippen LogP) is 5.39. The fourth-order valence-corrected chi connectivity index (χ4v) is 6.01. The number of hydrogen-bond acceptors (Lipinski definition) is 5. The van der Waals surface area contributed by atoms with Crippen molar-refractivity contribution in [3.8, 4) is 0 Å². The maximum Gasteiger partial charge on any atom is 0.504 e. The molecule has 0 N–H and O–H groups in total. The SMILES string of the molecule is CCCCCCCC(=O)SC(C)O[Si](OCC)(OCC)C(C)C. The van der Waals surface area contributed by atoms with Crippen LogP contribution in [0.3, 0.4) is 0 Å². The average molecular weight is 365 g/mol. The molecule has 0 bridgehead atoms. The highest BCUT2D eigenvalue weighted by Gasteiger charge is 2.46. The molecule has 0 saturated carbocycles. The van der Waals surface area contributed by atoms with Gasteiger partial charge in [0.25, 0.3) is 0 Å². The molecule has 23 heavy (non-hydrogen) atoms. The molecule has 6 heteroatoms. The lowest BCUT2D eigenvalue weighted by atomic mass is 10.1. The topological polar surface area (TPSA) is 44.8 Å². The van der Waals surface area contributed by atoms with E-state index in [1.807, 2.05) is 20.8 Å². The fourth-order valence-electron chi connectivity index (χ4n) is 2.35. The maximum absolute atomic E-state index is 12.1. The summed E-state index contributed by atoms with van der Waals surface area (Å²) in [7, 11) is -2.72. The largest absolute Gasteiger partial charge is 0.504 e. The Morgan fingerprint density at radius 2 is 1.52 bits per heavy atom. The zero-order chi connectivity index (χ0) is 17.7. The van der Waals surface area contributed by atoms with Crippen molar-refractivity contribution < 1.29 is 18.1 Å². The van der Waals surface area contributed by atoms with Gasteiger partial charge in [-0.3, -0.25) is 4.79 Å². The Balaban J connectivity index is 4.34. The van der Waals surface area contributed by atoms with Crippen LogP contribution >= 0.6 is 11.8 Å². The Morgan fingerprint density at radius 1 is 0.957 bits per heavy atom. The third-order valence-electron chi connectivity index (χ3n) is 3.51. The molecular formula is C17H36O4SSi. The molecule has 0 aliphatic heterocycles. The van der Waals surface area contributed by atoms with Crippen molar-refractivity contribution >= 4 is 25.7 Å². The van der Waals surface area contributed by atoms with Crippen LogP contribution in [0, 0.1) is 0 Å². The molecule has 0 heterocycles. The van der Waals surface area contributed by atoms with Gasteiger partial charge in [-0.1, -0.05) is 58.2 Å². The van der Waals surface area contributed by atoms with Gasteiger partial charge in [0.1, 0.15) is 5.44 Å². The van der Waals surface area contributed by atoms with E-state index in [9.17, 15) is 4.79 Å². The molecule has 1 unspecified atom stereocenters. The Bertz CT molecular complexity index is 307. The van der Waals surface area contributed by atoms with Gasteiger partial charge in [-0.15, -0.1) is 0 Å². The summed E-state index contributed by atoms with van der Waals surface area (Å²) in [5.41, 5.74) is -0.0556. The summed E-state index contributed by atoms with van der Waals surface area (Å²) in [5.74, 6) is 0. The Hall–Kier alpha value is 0.117. The zero-order valence-corrected chi connectivity index (χ0v) is 17.7. The second-order valence-electron chi connectivity index (χ2n) is 5.96. The van der Waals surface area contributed by atoms with E-state index in [2.05, 4.69) is 20.8 Å². The van der Waals surface area contributed by atoms with Crippen molar-refractivity contribution in [2.45, 2.75) is 91.0 Å². The highest BCUT2D eigenvalue weighted by molar-refractivity contribution is 8.14. The van der Waals surface area contributed by atoms with E-state index in [0.29, 0.717) is 19.6 Å². The van der Waals surface area contributed by atoms with Crippen LogP contribution in [0.5, 0.6) is 0 Å². The van der Waals surface area contributed by atoms with Crippen molar-refractivity contribution in [2.24, 2.45) is 0 Å². The predicted molar refractivity (Wildman–Crippen MR) is 101 cm³/mol. The van der Waals surface area contributed by atoms with E-state index < -0.39 is 8.80 Å². The quantitative estimate of drug-likeness (QED) is 0.235. The number of thioether (sulfide) groups is 1. The van der Waals surface area contributed by atoms with Gasteiger partial charge in [0, 0.05) is 25.2 Å². The van der Waals surface area contributed by atoms with Gasteiger partial charge in [-0.05, 0) is 27.2 Å². The molecule has 0 saturated heterocycles. The molecule has 0 rings (SSSR count). The molecule has 0 radical (unpaired) electrons. The molecule has 0 aromatic rings. The van der Waals surface area contributed by atoms with Crippen LogP contribution in [-0.2, 0) is 18.1 Å². The van der Waals surface area contributed by atoms with Gasteiger partial charge in [-0.25, -0.2) is 0 Å². The number of unbranched alkanes of at least 4 members (excludes halogenated alkanes) is 4. The highest BCUT2D eigenvalue weighted by Crippen LogP contribution is 2.30. The number of rotatable bonds is 14. The van der Waals surface area contributed by atoms with E-state index in [-0.39, 0.29) is 16.1 Å². The highest BCUT2D eigenvalue weighted by atomic mass is 32.2. The molecular weight excluding hydrogens is 328 g/mol. The van der Waals surface area contributed by atoms with E-state index in [0.717, 1.165) is 12.8 Å². The average Bonchev–Trinajstić information content (AvgIpc) is 2.47. The number of carbonyl (C=O) groups excluding carboxylic acids is 1. The second kappa shape index (κ2) is 13.4. The normalized spacial score (nSPS) is 13.5. The minimum atomic E-state index is -2.72. The Labute approximate surface area is 148 Å². The summed E-state index contributed by atoms with van der Waals surface area (Å²) in [6.45, 7) is 13.3. The first kappa shape index (κ1) is 23.1. The molecule has 0 fully saturated rings. The second-order valence-corrected chi connectivity index (χ2v) is 10.5. The van der Waals surface area contributed by atoms with E-state index in [4.69, 9.17) is 13.3 Å². The summed E-state index contributed by atoms with van der Waals surface area (Å²) in [6, 6.07) is 0. The van der Waals surface area contributed by atoms with E-state index in [1.165, 1.54) is 31.0 Å². The first-order valence-electron chi connectivity index (χ1n) is 9.06. The van der Waals surface area contributed by atoms with Gasteiger partial charge >= 0.3 is 8.80 Å². The molecule has 0 aromatic carbocycles. The lowest BCUT2D eigenvalue weighted by Gasteiger charge is -2.34. The Kier molecular flexibility index (Phi) is 13.5. The lowest BCUT2D eigenvalue weighted by Crippen LogP contribution is -2.50. The van der Waals surface area contributed by atoms with Gasteiger partial charge in [-0.2, -0.15) is 0 Å². The Morgan fingerprint density at radius 3 is 2.00 bits per heavy atom. The maximum atomic E-state index is 12.1. The van der Waals surface area contributed by atoms with Crippen molar-refractivity contribution in [1.82, 2.24) is 0 Å². The molecule has 1 atom stereocenters. The summed E-state index contributed by atoms with van der Waals surface area (Å²) < 4.78 is 17.9. The standard InChI is InChI=1S/C17H36O4SSi/c1-7-10-11-12-13-14-17(18)22-16(6)21-23(15(4)5,19-8-2)20-9-3/h15-16H,7-14H2,1-6H3. The van der Waals surface area contributed by atoms with E-state index >= 15 is 0 Å². The monoisotopic (exact) mass is 364 g/mol. The molecule has 0 spiro atoms. The van der Waals surface area contributed by atoms with Crippen LogP contribution in [0.25, 0.3) is 0 Å². The number of hydrogen-bond donors (Lipinski definition) is 0. The van der Waals surface area contributed by atoms with Crippen LogP contribution in [0.15, 0.2) is 0 Å². The van der Waals surface area contributed by atoms with Crippen molar-refractivity contribution in [1.29, 1.82) is 0 Å². The fraction of sp³-hybridized carbons (Fsp3) is 0.941. The summed E-state index contributed by atoms with van der Waals surface area (Å²) in [6.07, 6.45) is 6.44. The minimum absolute atomic E-state index is 0.176. The van der Waals surface area contributed by atoms with Gasteiger partial charge in [0.15, 0.2) is 5.12 Å². The van der Waals surface area contributed by atoms with Gasteiger partial charge in [0.05, 0.1) is 0 Å². The van der Waals surface area contributed by atoms with Crippen molar-refractivity contribution in [3.05, 3.63) is 0 Å². The third kappa shape index (κ3) is 9.87. The van der Waals surface area contributed by atoms with Crippen LogP contribution in [0.1, 0.15) is 80.1 Å². The smallest absolute Gasteiger partial charge is 0.374 e. The molecule has 0 amide bonds. The van der Waals surface area contributed by atoms with Gasteiger partial charge < -0.3 is 13.3 Å². The molecule has 0 aliphatic rings. The zero-order valence-electron chi connectivity index (χ0n) is 15.9. The van der Waals surface area contributed by atoms with Crippen LogP contribution in [0.2, 0.25) is 5.54 Å². The summed E-state index contributed by atoms with van der Waals surface area (Å²) in [5, 5.41) is 0.202. The third-order valence-corrected chi connectivity index (χ3v) is 8.05. The van der Waals surface area contributed by atoms with Crippen LogP contribution < -0.4 is 0 Å². The summed E-state index contributed by atoms with van der Waals surface area (Å²) >= 11 is 1.27. The number of carbonyl (C=O) groups is 1. The van der Waals surface area contributed by atoms with Crippen molar-refractivity contribution in [3.63, 3.8) is 0 Å². The molecule has 0 aliphatic carbocycles. The minimum Gasteiger partial charge on any atom is -0.374 e. The van der Waals surface area contributed by atoms with Crippen molar-refractivity contribution in [2.75, 3.05) is 13.2 Å². The first-order chi connectivity index (χ1) is 10.9. The lowest BCUT2D eigenvalue weighted by molar-refractivity contribution is -0.111. The van der Waals surface area contributed by atoms with Gasteiger partial charge in [0.2, 0.25) is 0 Å². The summed E-state index contributed by atoms with van der Waals surface area (Å²) in [4.78, 5) is 12.1. The van der Waals surface area contributed by atoms with E-state index in [1.54, 1.807) is 0 Å². The first-order valence-corrected chi connectivity index (χ1v) is 11.7. The molecule has 4 nitrogen and oxygen atoms in total. The van der Waals surface area contributed by atoms with Crippen LogP contribution in [-0.4, -0.2) is 32.6 Å². The van der Waals surface area contributed by atoms with Crippen LogP contribution in [0.4, 0.5) is 0 Å². The molecule has 0 aromatic heterocycles. The molecule has 138 valence electrons.